The van der Waals surface area contributed by atoms with Gasteiger partial charge in [0, 0.05) is 45.1 Å². The molecule has 1 aromatic heterocycles. The van der Waals surface area contributed by atoms with Crippen LogP contribution in [0.5, 0.6) is 0 Å². The summed E-state index contributed by atoms with van der Waals surface area (Å²) in [5.74, 6) is 0.433. The van der Waals surface area contributed by atoms with Crippen LogP contribution in [0.25, 0.3) is 6.08 Å². The molecule has 0 aliphatic carbocycles. The molecule has 24 heavy (non-hydrogen) atoms. The first-order chi connectivity index (χ1) is 11.7. The van der Waals surface area contributed by atoms with Crippen molar-refractivity contribution in [3.63, 3.8) is 0 Å². The van der Waals surface area contributed by atoms with Gasteiger partial charge in [0.2, 0.25) is 0 Å². The molecule has 0 saturated carbocycles. The van der Waals surface area contributed by atoms with Gasteiger partial charge in [0.1, 0.15) is 5.82 Å². The minimum Gasteiger partial charge on any atom is -0.297 e. The van der Waals surface area contributed by atoms with Gasteiger partial charge in [-0.3, -0.25) is 14.4 Å². The van der Waals surface area contributed by atoms with Crippen LogP contribution in [-0.4, -0.2) is 52.1 Å². The number of rotatable bonds is 6. The van der Waals surface area contributed by atoms with Gasteiger partial charge in [-0.1, -0.05) is 42.5 Å². The van der Waals surface area contributed by atoms with Crippen LogP contribution in [0, 0.1) is 0 Å². The Morgan fingerprint density at radius 3 is 2.46 bits per heavy atom. The molecule has 0 unspecified atom stereocenters. The van der Waals surface area contributed by atoms with Crippen molar-refractivity contribution < 1.29 is 8.78 Å². The van der Waals surface area contributed by atoms with E-state index >= 15 is 0 Å². The van der Waals surface area contributed by atoms with E-state index in [0.29, 0.717) is 12.4 Å². The lowest BCUT2D eigenvalue weighted by Gasteiger charge is -2.33. The van der Waals surface area contributed by atoms with E-state index in [2.05, 4.69) is 39.1 Å². The highest BCUT2D eigenvalue weighted by molar-refractivity contribution is 5.48. The third-order valence-corrected chi connectivity index (χ3v) is 4.26. The molecule has 128 valence electrons. The van der Waals surface area contributed by atoms with E-state index in [-0.39, 0.29) is 0 Å². The summed E-state index contributed by atoms with van der Waals surface area (Å²) < 4.78 is 26.6. The minimum absolute atomic E-state index is 0.433. The van der Waals surface area contributed by atoms with Crippen molar-refractivity contribution in [2.24, 2.45) is 0 Å². The first-order valence-corrected chi connectivity index (χ1v) is 8.18. The minimum atomic E-state index is -2.52. The first kappa shape index (κ1) is 16.8. The second-order valence-electron chi connectivity index (χ2n) is 5.92. The van der Waals surface area contributed by atoms with Crippen molar-refractivity contribution in [1.29, 1.82) is 0 Å². The topological polar surface area (TPSA) is 24.3 Å². The smallest absolute Gasteiger partial charge is 0.297 e. The number of alkyl halides is 2. The Hall–Kier alpha value is -2.05. The predicted molar refractivity (Wildman–Crippen MR) is 90.7 cm³/mol. The molecule has 0 N–H and O–H groups in total. The summed E-state index contributed by atoms with van der Waals surface area (Å²) in [4.78, 5) is 8.60. The van der Waals surface area contributed by atoms with Gasteiger partial charge >= 0.3 is 6.55 Å². The van der Waals surface area contributed by atoms with Crippen LogP contribution < -0.4 is 0 Å². The zero-order valence-corrected chi connectivity index (χ0v) is 13.6. The summed E-state index contributed by atoms with van der Waals surface area (Å²) in [5.41, 5.74) is 1.20. The fraction of sp³-hybridized carbons (Fsp3) is 0.389. The largest absolute Gasteiger partial charge is 0.319 e. The van der Waals surface area contributed by atoms with E-state index < -0.39 is 6.55 Å². The number of benzene rings is 1. The number of piperazine rings is 1. The summed E-state index contributed by atoms with van der Waals surface area (Å²) in [6, 6.07) is 10.2. The highest BCUT2D eigenvalue weighted by Gasteiger charge is 2.19. The summed E-state index contributed by atoms with van der Waals surface area (Å²) >= 11 is 0. The van der Waals surface area contributed by atoms with Crippen molar-refractivity contribution in [2.75, 3.05) is 32.7 Å². The van der Waals surface area contributed by atoms with Gasteiger partial charge in [-0.15, -0.1) is 0 Å². The van der Waals surface area contributed by atoms with Crippen LogP contribution >= 0.6 is 0 Å². The van der Waals surface area contributed by atoms with E-state index in [1.165, 1.54) is 18.0 Å². The third kappa shape index (κ3) is 4.49. The van der Waals surface area contributed by atoms with Crippen LogP contribution in [0.15, 0.2) is 48.8 Å². The highest BCUT2D eigenvalue weighted by Crippen LogP contribution is 2.15. The Labute approximate surface area is 141 Å². The zero-order valence-electron chi connectivity index (χ0n) is 13.6. The Kier molecular flexibility index (Phi) is 5.72. The van der Waals surface area contributed by atoms with Crippen molar-refractivity contribution >= 4 is 6.08 Å². The summed E-state index contributed by atoms with van der Waals surface area (Å²) in [7, 11) is 0. The van der Waals surface area contributed by atoms with Gasteiger partial charge in [-0.25, -0.2) is 4.98 Å². The van der Waals surface area contributed by atoms with Crippen molar-refractivity contribution in [2.45, 2.75) is 13.1 Å². The van der Waals surface area contributed by atoms with E-state index in [9.17, 15) is 8.78 Å². The quantitative estimate of drug-likeness (QED) is 0.812. The summed E-state index contributed by atoms with van der Waals surface area (Å²) in [5, 5.41) is 0. The average Bonchev–Trinajstić information content (AvgIpc) is 3.06. The maximum Gasteiger partial charge on any atom is 0.319 e. The Bertz CT molecular complexity index is 646. The number of nitrogens with zero attached hydrogens (tertiary/aromatic N) is 4. The molecule has 1 aromatic carbocycles. The number of aromatic nitrogens is 2. The van der Waals surface area contributed by atoms with Gasteiger partial charge in [0.05, 0.1) is 6.54 Å². The monoisotopic (exact) mass is 332 g/mol. The lowest BCUT2D eigenvalue weighted by molar-refractivity contribution is 0.0611. The molecule has 4 nitrogen and oxygen atoms in total. The van der Waals surface area contributed by atoms with E-state index in [1.54, 1.807) is 0 Å². The van der Waals surface area contributed by atoms with E-state index in [0.717, 1.165) is 37.3 Å². The van der Waals surface area contributed by atoms with Crippen molar-refractivity contribution in [1.82, 2.24) is 19.4 Å². The number of halogens is 2. The molecule has 0 spiro atoms. The highest BCUT2D eigenvalue weighted by atomic mass is 19.3. The summed E-state index contributed by atoms with van der Waals surface area (Å²) in [6.45, 7) is 2.49. The lowest BCUT2D eigenvalue weighted by atomic mass is 10.2. The second-order valence-corrected chi connectivity index (χ2v) is 5.92. The Morgan fingerprint density at radius 1 is 1.04 bits per heavy atom. The maximum absolute atomic E-state index is 12.8. The molecule has 1 aliphatic rings. The molecule has 0 radical (unpaired) electrons. The van der Waals surface area contributed by atoms with Crippen molar-refractivity contribution in [3.05, 3.63) is 60.2 Å². The standard InChI is InChI=1S/C18H22F2N4/c19-18(20)24-10-8-21-17(24)15-23-13-11-22(12-14-23)9-4-7-16-5-2-1-3-6-16/h1-8,10,18H,9,11-15H2/b7-4+. The number of imidazole rings is 1. The van der Waals surface area contributed by atoms with Crippen LogP contribution in [0.3, 0.4) is 0 Å². The van der Waals surface area contributed by atoms with E-state index in [1.807, 2.05) is 18.2 Å². The van der Waals surface area contributed by atoms with Crippen LogP contribution in [-0.2, 0) is 6.54 Å². The van der Waals surface area contributed by atoms with Crippen molar-refractivity contribution in [3.8, 4) is 0 Å². The predicted octanol–water partition coefficient (Wildman–Crippen LogP) is 3.11. The molecule has 2 aromatic rings. The first-order valence-electron chi connectivity index (χ1n) is 8.18. The average molecular weight is 332 g/mol. The molecule has 1 saturated heterocycles. The molecule has 1 fully saturated rings. The normalized spacial score (nSPS) is 17.1. The number of hydrogen-bond acceptors (Lipinski definition) is 3. The number of hydrogen-bond donors (Lipinski definition) is 0. The van der Waals surface area contributed by atoms with E-state index in [4.69, 9.17) is 0 Å². The molecular formula is C18H22F2N4. The zero-order chi connectivity index (χ0) is 16.8. The van der Waals surface area contributed by atoms with Crippen LogP contribution in [0.4, 0.5) is 8.78 Å². The SMILES string of the molecule is FC(F)n1ccnc1CN1CCN(C/C=C/c2ccccc2)CC1. The summed E-state index contributed by atoms with van der Waals surface area (Å²) in [6.07, 6.45) is 7.08. The fourth-order valence-corrected chi connectivity index (χ4v) is 2.88. The molecule has 2 heterocycles. The van der Waals surface area contributed by atoms with Gasteiger partial charge in [0.15, 0.2) is 0 Å². The lowest BCUT2D eigenvalue weighted by Crippen LogP contribution is -2.46. The molecule has 3 rings (SSSR count). The molecule has 0 atom stereocenters. The van der Waals surface area contributed by atoms with Crippen LogP contribution in [0.1, 0.15) is 17.9 Å². The third-order valence-electron chi connectivity index (χ3n) is 4.26. The molecule has 0 bridgehead atoms. The fourth-order valence-electron chi connectivity index (χ4n) is 2.88. The van der Waals surface area contributed by atoms with Gasteiger partial charge in [-0.2, -0.15) is 8.78 Å². The Balaban J connectivity index is 1.44. The molecular weight excluding hydrogens is 310 g/mol. The Morgan fingerprint density at radius 2 is 1.75 bits per heavy atom. The molecule has 6 heteroatoms. The molecule has 0 amide bonds. The van der Waals surface area contributed by atoms with Gasteiger partial charge in [0.25, 0.3) is 0 Å². The molecule has 1 aliphatic heterocycles. The van der Waals surface area contributed by atoms with Gasteiger partial charge in [-0.05, 0) is 5.56 Å². The van der Waals surface area contributed by atoms with Gasteiger partial charge < -0.3 is 0 Å². The van der Waals surface area contributed by atoms with Crippen LogP contribution in [0.2, 0.25) is 0 Å². The maximum atomic E-state index is 12.8. The second kappa shape index (κ2) is 8.17.